The van der Waals surface area contributed by atoms with Crippen LogP contribution in [0.2, 0.25) is 0 Å². The summed E-state index contributed by atoms with van der Waals surface area (Å²) in [5, 5.41) is 35.4. The zero-order chi connectivity index (χ0) is 26.6. The van der Waals surface area contributed by atoms with Gasteiger partial charge in [0, 0.05) is 44.4 Å². The molecule has 208 valence electrons. The third-order valence-electron chi connectivity index (χ3n) is 5.27. The lowest BCUT2D eigenvalue weighted by atomic mass is 9.97. The average molecular weight is 521 g/mol. The number of aliphatic hydroxyl groups is 3. The summed E-state index contributed by atoms with van der Waals surface area (Å²) in [5.41, 5.74) is 8.12. The Balaban J connectivity index is 2.05. The molecule has 0 bridgehead atoms. The average Bonchev–Trinajstić information content (AvgIpc) is 2.85. The highest BCUT2D eigenvalue weighted by atomic mass is 16.7. The Morgan fingerprint density at radius 3 is 2.22 bits per heavy atom. The molecule has 1 rings (SSSR count). The Hall–Kier alpha value is -1.87. The van der Waals surface area contributed by atoms with Gasteiger partial charge < -0.3 is 44.3 Å². The fourth-order valence-corrected chi connectivity index (χ4v) is 3.42. The van der Waals surface area contributed by atoms with Crippen molar-refractivity contribution in [2.45, 2.75) is 69.7 Å². The molecule has 0 aliphatic carbocycles. The zero-order valence-electron chi connectivity index (χ0n) is 20.8. The smallest absolute Gasteiger partial charge is 0.217 e. The molecule has 14 heteroatoms. The van der Waals surface area contributed by atoms with Gasteiger partial charge in [-0.25, -0.2) is 0 Å². The fraction of sp³-hybridized carbons (Fsp3) is 0.909. The number of rotatable bonds is 21. The first-order valence-electron chi connectivity index (χ1n) is 12.2. The Labute approximate surface area is 210 Å². The van der Waals surface area contributed by atoms with Crippen molar-refractivity contribution in [1.29, 1.82) is 0 Å². The highest BCUT2D eigenvalue weighted by Gasteiger charge is 2.45. The molecule has 1 heterocycles. The van der Waals surface area contributed by atoms with Crippen molar-refractivity contribution >= 4 is 11.7 Å². The summed E-state index contributed by atoms with van der Waals surface area (Å²) in [6.45, 7) is 3.80. The Morgan fingerprint density at radius 2 is 1.58 bits per heavy atom. The standard InChI is InChI=1S/C22H40N4O10/c1-16(28)25-19-21(31)20(30)18(15-27)36-22(19)35-9-3-2-5-17(29)6-4-8-32-11-13-34-14-12-33-10-7-24-26-23/h18-22,27,30-31H,2-15H2,1H3,(H,25,28). The fourth-order valence-electron chi connectivity index (χ4n) is 3.42. The van der Waals surface area contributed by atoms with Gasteiger partial charge in [0.05, 0.1) is 39.6 Å². The summed E-state index contributed by atoms with van der Waals surface area (Å²) < 4.78 is 27.1. The van der Waals surface area contributed by atoms with Gasteiger partial charge in [-0.15, -0.1) is 0 Å². The van der Waals surface area contributed by atoms with Crippen LogP contribution in [0.15, 0.2) is 5.11 Å². The van der Waals surface area contributed by atoms with E-state index < -0.39 is 43.2 Å². The van der Waals surface area contributed by atoms with Crippen LogP contribution in [0.25, 0.3) is 10.4 Å². The summed E-state index contributed by atoms with van der Waals surface area (Å²) in [5.74, 6) is -0.297. The Bertz CT molecular complexity index is 665. The summed E-state index contributed by atoms with van der Waals surface area (Å²) in [6.07, 6.45) is -2.17. The quantitative estimate of drug-likeness (QED) is 0.0681. The molecule has 1 aliphatic heterocycles. The van der Waals surface area contributed by atoms with E-state index in [1.807, 2.05) is 0 Å². The number of ether oxygens (including phenoxy) is 5. The topological polar surface area (TPSA) is 202 Å². The van der Waals surface area contributed by atoms with Gasteiger partial charge in [-0.3, -0.25) is 9.59 Å². The number of Topliss-reactive ketones (excluding diaryl/α,β-unsaturated/α-hetero) is 1. The van der Waals surface area contributed by atoms with E-state index in [4.69, 9.17) is 29.2 Å². The second kappa shape index (κ2) is 20.2. The first-order chi connectivity index (χ1) is 17.4. The molecule has 0 aromatic rings. The van der Waals surface area contributed by atoms with Gasteiger partial charge in [0.1, 0.15) is 30.1 Å². The van der Waals surface area contributed by atoms with Gasteiger partial charge in [0.25, 0.3) is 0 Å². The van der Waals surface area contributed by atoms with E-state index in [-0.39, 0.29) is 12.4 Å². The van der Waals surface area contributed by atoms with E-state index in [0.29, 0.717) is 78.3 Å². The van der Waals surface area contributed by atoms with Crippen LogP contribution in [-0.4, -0.2) is 117 Å². The minimum absolute atomic E-state index is 0.122. The molecule has 14 nitrogen and oxygen atoms in total. The van der Waals surface area contributed by atoms with Gasteiger partial charge in [0.2, 0.25) is 5.91 Å². The van der Waals surface area contributed by atoms with Crippen molar-refractivity contribution in [2.75, 3.05) is 59.4 Å². The minimum Gasteiger partial charge on any atom is -0.394 e. The largest absolute Gasteiger partial charge is 0.394 e. The lowest BCUT2D eigenvalue weighted by Gasteiger charge is -2.42. The lowest BCUT2D eigenvalue weighted by molar-refractivity contribution is -0.270. The number of nitrogens with one attached hydrogen (secondary N) is 1. The van der Waals surface area contributed by atoms with Crippen LogP contribution >= 0.6 is 0 Å². The van der Waals surface area contributed by atoms with Crippen molar-refractivity contribution in [1.82, 2.24) is 5.32 Å². The van der Waals surface area contributed by atoms with Gasteiger partial charge >= 0.3 is 0 Å². The lowest BCUT2D eigenvalue weighted by Crippen LogP contribution is -2.64. The predicted octanol–water partition coefficient (Wildman–Crippen LogP) is -0.174. The molecule has 0 saturated carbocycles. The van der Waals surface area contributed by atoms with Crippen molar-refractivity contribution in [3.63, 3.8) is 0 Å². The number of nitrogens with zero attached hydrogens (tertiary/aromatic N) is 3. The number of unbranched alkanes of at least 4 members (excludes halogenated alkanes) is 1. The number of hydrogen-bond acceptors (Lipinski definition) is 11. The van der Waals surface area contributed by atoms with E-state index in [1.54, 1.807) is 0 Å². The monoisotopic (exact) mass is 520 g/mol. The van der Waals surface area contributed by atoms with Crippen molar-refractivity contribution in [3.05, 3.63) is 10.4 Å². The molecular formula is C22H40N4O10. The molecular weight excluding hydrogens is 480 g/mol. The maximum atomic E-state index is 12.0. The number of amides is 1. The van der Waals surface area contributed by atoms with E-state index in [1.165, 1.54) is 6.92 Å². The summed E-state index contributed by atoms with van der Waals surface area (Å²) in [7, 11) is 0. The molecule has 0 aromatic carbocycles. The molecule has 0 spiro atoms. The van der Waals surface area contributed by atoms with Crippen LogP contribution in [-0.2, 0) is 33.3 Å². The number of aliphatic hydroxyl groups excluding tert-OH is 3. The highest BCUT2D eigenvalue weighted by Crippen LogP contribution is 2.22. The van der Waals surface area contributed by atoms with Crippen LogP contribution in [0.1, 0.15) is 39.0 Å². The molecule has 1 amide bonds. The third kappa shape index (κ3) is 14.0. The number of carbonyl (C=O) groups excluding carboxylic acids is 2. The Morgan fingerprint density at radius 1 is 0.944 bits per heavy atom. The maximum absolute atomic E-state index is 12.0. The Kier molecular flexibility index (Phi) is 18.1. The van der Waals surface area contributed by atoms with Gasteiger partial charge in [-0.2, -0.15) is 0 Å². The molecule has 36 heavy (non-hydrogen) atoms. The number of ketones is 1. The molecule has 0 aromatic heterocycles. The van der Waals surface area contributed by atoms with E-state index in [9.17, 15) is 24.9 Å². The summed E-state index contributed by atoms with van der Waals surface area (Å²) >= 11 is 0. The van der Waals surface area contributed by atoms with Crippen LogP contribution in [0.3, 0.4) is 0 Å². The number of carbonyl (C=O) groups is 2. The van der Waals surface area contributed by atoms with Crippen molar-refractivity contribution in [3.8, 4) is 0 Å². The normalized spacial score (nSPS) is 23.7. The molecule has 0 radical (unpaired) electrons. The molecule has 1 aliphatic rings. The third-order valence-corrected chi connectivity index (χ3v) is 5.27. The number of azide groups is 1. The molecule has 1 saturated heterocycles. The first kappa shape index (κ1) is 32.2. The number of hydrogen-bond donors (Lipinski definition) is 4. The summed E-state index contributed by atoms with van der Waals surface area (Å²) in [4.78, 5) is 26.1. The highest BCUT2D eigenvalue weighted by molar-refractivity contribution is 5.78. The van der Waals surface area contributed by atoms with Gasteiger partial charge in [-0.05, 0) is 24.8 Å². The van der Waals surface area contributed by atoms with Crippen molar-refractivity contribution in [2.24, 2.45) is 5.11 Å². The second-order valence-electron chi connectivity index (χ2n) is 8.19. The SMILES string of the molecule is CC(=O)NC1C(OCCCCC(=O)CCCOCCOCCOCCN=[N+]=[N-])OC(CO)C(O)C1O. The predicted molar refractivity (Wildman–Crippen MR) is 126 cm³/mol. The molecule has 1 fully saturated rings. The van der Waals surface area contributed by atoms with E-state index >= 15 is 0 Å². The summed E-state index contributed by atoms with van der Waals surface area (Å²) in [6, 6.07) is -0.976. The van der Waals surface area contributed by atoms with Crippen LogP contribution in [0.4, 0.5) is 0 Å². The van der Waals surface area contributed by atoms with Crippen LogP contribution in [0.5, 0.6) is 0 Å². The first-order valence-corrected chi connectivity index (χ1v) is 12.2. The minimum atomic E-state index is -1.36. The molecule has 5 atom stereocenters. The van der Waals surface area contributed by atoms with Gasteiger partial charge in [0.15, 0.2) is 6.29 Å². The van der Waals surface area contributed by atoms with Crippen molar-refractivity contribution < 1.29 is 48.6 Å². The van der Waals surface area contributed by atoms with E-state index in [2.05, 4.69) is 15.3 Å². The van der Waals surface area contributed by atoms with Gasteiger partial charge in [-0.1, -0.05) is 5.11 Å². The van der Waals surface area contributed by atoms with Crippen LogP contribution in [0, 0.1) is 0 Å². The molecule has 5 unspecified atom stereocenters. The zero-order valence-corrected chi connectivity index (χ0v) is 20.8. The maximum Gasteiger partial charge on any atom is 0.217 e. The van der Waals surface area contributed by atoms with Crippen LogP contribution < -0.4 is 5.32 Å². The second-order valence-corrected chi connectivity index (χ2v) is 8.19. The van der Waals surface area contributed by atoms with E-state index in [0.717, 1.165) is 0 Å². The molecule has 4 N–H and O–H groups in total.